The Hall–Kier alpha value is -3.05. The van der Waals surface area contributed by atoms with E-state index in [1.807, 2.05) is 0 Å². The van der Waals surface area contributed by atoms with E-state index in [9.17, 15) is 32.3 Å². The number of nitrogens with two attached hydrogens (primary N) is 1. The zero-order chi connectivity index (χ0) is 26.5. The Morgan fingerprint density at radius 2 is 1.72 bits per heavy atom. The number of primary amides is 1. The second-order valence-electron chi connectivity index (χ2n) is 9.58. The van der Waals surface area contributed by atoms with Gasteiger partial charge in [0.25, 0.3) is 11.8 Å². The molecule has 0 radical (unpaired) electrons. The summed E-state index contributed by atoms with van der Waals surface area (Å²) in [6.07, 6.45) is -4.58. The summed E-state index contributed by atoms with van der Waals surface area (Å²) < 4.78 is 63.6. The van der Waals surface area contributed by atoms with E-state index in [1.54, 1.807) is 0 Å². The first-order chi connectivity index (χ1) is 16.7. The molecule has 2 aromatic rings. The first-order valence-electron chi connectivity index (χ1n) is 10.9. The van der Waals surface area contributed by atoms with E-state index in [2.05, 4.69) is 5.32 Å². The third-order valence-corrected chi connectivity index (χ3v) is 7.08. The first kappa shape index (κ1) is 26.0. The van der Waals surface area contributed by atoms with Gasteiger partial charge in [0.15, 0.2) is 18.3 Å². The van der Waals surface area contributed by atoms with Crippen molar-refractivity contribution in [3.05, 3.63) is 58.9 Å². The van der Waals surface area contributed by atoms with Crippen molar-refractivity contribution >= 4 is 23.4 Å². The summed E-state index contributed by atoms with van der Waals surface area (Å²) in [5.74, 6) is -1.59. The zero-order valence-corrected chi connectivity index (χ0v) is 19.8. The van der Waals surface area contributed by atoms with Gasteiger partial charge in [0.05, 0.1) is 5.02 Å². The van der Waals surface area contributed by atoms with Crippen molar-refractivity contribution in [1.82, 2.24) is 5.32 Å². The van der Waals surface area contributed by atoms with Crippen molar-refractivity contribution in [2.45, 2.75) is 49.6 Å². The normalized spacial score (nSPS) is 25.0. The van der Waals surface area contributed by atoms with Crippen LogP contribution in [0.25, 0.3) is 0 Å². The number of aliphatic hydroxyl groups is 1. The molecule has 5 rings (SSSR count). The molecule has 7 nitrogen and oxygen atoms in total. The Bertz CT molecular complexity index is 1170. The number of hydrogen-bond acceptors (Lipinski definition) is 5. The summed E-state index contributed by atoms with van der Waals surface area (Å²) in [6.45, 7) is 0.262. The molecular formula is C24H23ClF4N2O5. The molecule has 0 saturated heterocycles. The van der Waals surface area contributed by atoms with Gasteiger partial charge in [0.1, 0.15) is 17.3 Å². The average Bonchev–Trinajstić information content (AvgIpc) is 2.74. The van der Waals surface area contributed by atoms with Crippen LogP contribution in [0.5, 0.6) is 11.5 Å². The predicted molar refractivity (Wildman–Crippen MR) is 120 cm³/mol. The number of nitrogens with one attached hydrogen (secondary N) is 1. The monoisotopic (exact) mass is 530 g/mol. The SMILES string of the molecule is CC(O)(c1ccc(OCC(=O)NC23CC(C(Oc4ccc(Cl)c(F)c4)C(N)=O)(C2)C3)cc1)C(F)(F)F. The topological polar surface area (TPSA) is 111 Å². The highest BCUT2D eigenvalue weighted by Crippen LogP contribution is 2.69. The lowest BCUT2D eigenvalue weighted by Gasteiger charge is -2.71. The van der Waals surface area contributed by atoms with E-state index in [0.717, 1.165) is 18.2 Å². The second kappa shape index (κ2) is 8.81. The van der Waals surface area contributed by atoms with Crippen LogP contribution in [0.3, 0.4) is 0 Å². The number of benzene rings is 2. The minimum atomic E-state index is -4.85. The summed E-state index contributed by atoms with van der Waals surface area (Å²) in [5, 5.41) is 12.5. The number of carbonyl (C=O) groups is 2. The lowest BCUT2D eigenvalue weighted by Crippen LogP contribution is -2.80. The molecule has 3 fully saturated rings. The Labute approximate surface area is 208 Å². The Morgan fingerprint density at radius 3 is 2.25 bits per heavy atom. The van der Waals surface area contributed by atoms with Crippen LogP contribution in [0.2, 0.25) is 5.02 Å². The van der Waals surface area contributed by atoms with Crippen molar-refractivity contribution in [2.24, 2.45) is 11.1 Å². The largest absolute Gasteiger partial charge is 0.484 e. The standard InChI is InChI=1S/C24H23ClF4N2O5/c1-21(34,24(27,28)29)13-2-4-14(5-3-13)35-9-18(32)31-23-10-22(11-23,12-23)19(20(30)33)36-15-6-7-16(25)17(26)8-15/h2-8,19,34H,9-12H2,1H3,(H2,30,33)(H,31,32). The summed E-state index contributed by atoms with van der Waals surface area (Å²) in [7, 11) is 0. The van der Waals surface area contributed by atoms with Gasteiger partial charge >= 0.3 is 6.18 Å². The minimum Gasteiger partial charge on any atom is -0.484 e. The van der Waals surface area contributed by atoms with Gasteiger partial charge in [-0.15, -0.1) is 0 Å². The molecule has 3 aliphatic carbocycles. The van der Waals surface area contributed by atoms with Crippen LogP contribution >= 0.6 is 11.6 Å². The van der Waals surface area contributed by atoms with Gasteiger partial charge in [-0.25, -0.2) is 4.39 Å². The van der Waals surface area contributed by atoms with E-state index in [-0.39, 0.29) is 28.7 Å². The molecule has 4 N–H and O–H groups in total. The van der Waals surface area contributed by atoms with Crippen LogP contribution in [0, 0.1) is 11.2 Å². The van der Waals surface area contributed by atoms with Crippen LogP contribution in [-0.2, 0) is 15.2 Å². The lowest BCUT2D eigenvalue weighted by molar-refractivity contribution is -0.258. The molecule has 0 heterocycles. The fourth-order valence-corrected chi connectivity index (χ4v) is 5.09. The molecule has 0 aliphatic heterocycles. The molecule has 2 atom stereocenters. The van der Waals surface area contributed by atoms with Crippen LogP contribution in [0.4, 0.5) is 17.6 Å². The van der Waals surface area contributed by atoms with Gasteiger partial charge in [-0.3, -0.25) is 9.59 Å². The fourth-order valence-electron chi connectivity index (χ4n) is 4.97. The van der Waals surface area contributed by atoms with Crippen molar-refractivity contribution < 1.29 is 41.7 Å². The van der Waals surface area contributed by atoms with E-state index < -0.39 is 46.5 Å². The maximum Gasteiger partial charge on any atom is 0.421 e. The Morgan fingerprint density at radius 1 is 1.14 bits per heavy atom. The van der Waals surface area contributed by atoms with Crippen LogP contribution in [0.1, 0.15) is 31.7 Å². The second-order valence-corrected chi connectivity index (χ2v) is 9.99. The highest BCUT2D eigenvalue weighted by atomic mass is 35.5. The molecule has 194 valence electrons. The summed E-state index contributed by atoms with van der Waals surface area (Å²) in [4.78, 5) is 24.4. The Balaban J connectivity index is 1.29. The van der Waals surface area contributed by atoms with E-state index in [1.165, 1.54) is 24.3 Å². The molecule has 2 bridgehead atoms. The molecular weight excluding hydrogens is 508 g/mol. The number of alkyl halides is 3. The van der Waals surface area contributed by atoms with Crippen molar-refractivity contribution in [3.8, 4) is 11.5 Å². The summed E-state index contributed by atoms with van der Waals surface area (Å²) >= 11 is 5.67. The number of ether oxygens (including phenoxy) is 2. The van der Waals surface area contributed by atoms with E-state index in [0.29, 0.717) is 26.2 Å². The van der Waals surface area contributed by atoms with Crippen molar-refractivity contribution in [3.63, 3.8) is 0 Å². The molecule has 0 aromatic heterocycles. The van der Waals surface area contributed by atoms with Gasteiger partial charge < -0.3 is 25.6 Å². The Kier molecular flexibility index (Phi) is 6.37. The van der Waals surface area contributed by atoms with E-state index in [4.69, 9.17) is 26.8 Å². The number of hydrogen-bond donors (Lipinski definition) is 3. The highest BCUT2D eigenvalue weighted by molar-refractivity contribution is 6.30. The van der Waals surface area contributed by atoms with Gasteiger partial charge in [-0.05, 0) is 56.0 Å². The fraction of sp³-hybridized carbons (Fsp3) is 0.417. The molecule has 2 aromatic carbocycles. The maximum absolute atomic E-state index is 13.7. The number of carbonyl (C=O) groups excluding carboxylic acids is 2. The lowest BCUT2D eigenvalue weighted by atomic mass is 9.37. The van der Waals surface area contributed by atoms with E-state index >= 15 is 0 Å². The van der Waals surface area contributed by atoms with Gasteiger partial charge in [-0.2, -0.15) is 13.2 Å². The van der Waals surface area contributed by atoms with Gasteiger partial charge in [0.2, 0.25) is 0 Å². The third-order valence-electron chi connectivity index (χ3n) is 6.77. The van der Waals surface area contributed by atoms with Crippen LogP contribution in [-0.4, -0.2) is 41.3 Å². The predicted octanol–water partition coefficient (Wildman–Crippen LogP) is 3.60. The first-order valence-corrected chi connectivity index (χ1v) is 11.3. The van der Waals surface area contributed by atoms with Crippen LogP contribution in [0.15, 0.2) is 42.5 Å². The summed E-state index contributed by atoms with van der Waals surface area (Å²) in [6, 6.07) is 8.40. The van der Waals surface area contributed by atoms with Gasteiger partial charge in [0, 0.05) is 17.0 Å². The smallest absolute Gasteiger partial charge is 0.421 e. The molecule has 2 unspecified atom stereocenters. The summed E-state index contributed by atoms with van der Waals surface area (Å²) in [5.41, 5.74) is 1.02. The number of halogens is 5. The molecule has 3 saturated carbocycles. The number of rotatable bonds is 9. The van der Waals surface area contributed by atoms with Crippen LogP contribution < -0.4 is 20.5 Å². The zero-order valence-electron chi connectivity index (χ0n) is 19.0. The molecule has 12 heteroatoms. The maximum atomic E-state index is 13.7. The van der Waals surface area contributed by atoms with Crippen molar-refractivity contribution in [1.29, 1.82) is 0 Å². The number of amides is 2. The minimum absolute atomic E-state index is 0.0866. The molecule has 3 aliphatic rings. The van der Waals surface area contributed by atoms with Crippen molar-refractivity contribution in [2.75, 3.05) is 6.61 Å². The average molecular weight is 531 g/mol. The highest BCUT2D eigenvalue weighted by Gasteiger charge is 2.73. The van der Waals surface area contributed by atoms with Gasteiger partial charge in [-0.1, -0.05) is 23.7 Å². The molecule has 2 amide bonds. The molecule has 0 spiro atoms. The molecule has 36 heavy (non-hydrogen) atoms. The third kappa shape index (κ3) is 4.69. The quantitative estimate of drug-likeness (QED) is 0.429.